The molecular weight excluding hydrogens is 220 g/mol. The van der Waals surface area contributed by atoms with E-state index >= 15 is 0 Å². The van der Waals surface area contributed by atoms with Crippen LogP contribution in [0.5, 0.6) is 0 Å². The molecule has 2 atom stereocenters. The monoisotopic (exact) mass is 252 g/mol. The van der Waals surface area contributed by atoms with E-state index in [0.717, 1.165) is 23.8 Å². The van der Waals surface area contributed by atoms with Gasteiger partial charge in [-0.2, -0.15) is 0 Å². The molecule has 1 saturated heterocycles. The minimum Gasteiger partial charge on any atom is -0.316 e. The van der Waals surface area contributed by atoms with E-state index in [-0.39, 0.29) is 0 Å². The Kier molecular flexibility index (Phi) is 5.50. The van der Waals surface area contributed by atoms with Crippen molar-refractivity contribution < 1.29 is 0 Å². The molecule has 2 nitrogen and oxygen atoms in total. The smallest absolute Gasteiger partial charge is 0.00953 e. The number of hydrogen-bond donors (Lipinski definition) is 1. The SMILES string of the molecule is CCC(CC1CC1)N1CCC(CNCC(C)C)C1. The Morgan fingerprint density at radius 2 is 1.94 bits per heavy atom. The lowest BCUT2D eigenvalue weighted by atomic mass is 10.1. The van der Waals surface area contributed by atoms with Crippen LogP contribution in [0.25, 0.3) is 0 Å². The fraction of sp³-hybridized carbons (Fsp3) is 1.00. The summed E-state index contributed by atoms with van der Waals surface area (Å²) in [6.45, 7) is 12.0. The lowest BCUT2D eigenvalue weighted by Crippen LogP contribution is -2.35. The van der Waals surface area contributed by atoms with Gasteiger partial charge in [0.15, 0.2) is 0 Å². The van der Waals surface area contributed by atoms with E-state index in [2.05, 4.69) is 31.0 Å². The van der Waals surface area contributed by atoms with Crippen LogP contribution in [-0.4, -0.2) is 37.1 Å². The maximum atomic E-state index is 3.63. The highest BCUT2D eigenvalue weighted by molar-refractivity contribution is 4.86. The molecular formula is C16H32N2. The number of nitrogens with one attached hydrogen (secondary N) is 1. The molecule has 1 N–H and O–H groups in total. The molecule has 2 rings (SSSR count). The van der Waals surface area contributed by atoms with Crippen LogP contribution in [0.2, 0.25) is 0 Å². The summed E-state index contributed by atoms with van der Waals surface area (Å²) >= 11 is 0. The number of nitrogens with zero attached hydrogens (tertiary/aromatic N) is 1. The van der Waals surface area contributed by atoms with Crippen molar-refractivity contribution in [2.24, 2.45) is 17.8 Å². The maximum Gasteiger partial charge on any atom is 0.00953 e. The second-order valence-electron chi connectivity index (χ2n) is 6.94. The molecule has 1 aliphatic carbocycles. The zero-order chi connectivity index (χ0) is 13.0. The summed E-state index contributed by atoms with van der Waals surface area (Å²) in [6.07, 6.45) is 7.24. The minimum atomic E-state index is 0.778. The van der Waals surface area contributed by atoms with Crippen molar-refractivity contribution >= 4 is 0 Å². The van der Waals surface area contributed by atoms with Crippen LogP contribution in [0.4, 0.5) is 0 Å². The van der Waals surface area contributed by atoms with Crippen LogP contribution < -0.4 is 5.32 Å². The molecule has 0 bridgehead atoms. The lowest BCUT2D eigenvalue weighted by molar-refractivity contribution is 0.208. The third-order valence-corrected chi connectivity index (χ3v) is 4.59. The zero-order valence-electron chi connectivity index (χ0n) is 12.6. The fourth-order valence-electron chi connectivity index (χ4n) is 3.25. The van der Waals surface area contributed by atoms with Gasteiger partial charge in [0.25, 0.3) is 0 Å². The highest BCUT2D eigenvalue weighted by atomic mass is 15.2. The average Bonchev–Trinajstić information content (AvgIpc) is 3.04. The molecule has 2 aliphatic rings. The van der Waals surface area contributed by atoms with E-state index in [1.807, 2.05) is 0 Å². The molecule has 1 saturated carbocycles. The van der Waals surface area contributed by atoms with Crippen molar-refractivity contribution in [2.75, 3.05) is 26.2 Å². The van der Waals surface area contributed by atoms with Crippen LogP contribution in [0.15, 0.2) is 0 Å². The van der Waals surface area contributed by atoms with E-state index < -0.39 is 0 Å². The quantitative estimate of drug-likeness (QED) is 0.714. The predicted octanol–water partition coefficient (Wildman–Crippen LogP) is 3.13. The van der Waals surface area contributed by atoms with Crippen LogP contribution >= 0.6 is 0 Å². The third-order valence-electron chi connectivity index (χ3n) is 4.59. The summed E-state index contributed by atoms with van der Waals surface area (Å²) in [7, 11) is 0. The maximum absolute atomic E-state index is 3.63. The van der Waals surface area contributed by atoms with Crippen molar-refractivity contribution in [1.82, 2.24) is 10.2 Å². The molecule has 0 aromatic carbocycles. The molecule has 0 radical (unpaired) electrons. The van der Waals surface area contributed by atoms with Crippen molar-refractivity contribution in [1.29, 1.82) is 0 Å². The number of rotatable bonds is 8. The summed E-state index contributed by atoms with van der Waals surface area (Å²) in [5.41, 5.74) is 0. The first-order valence-corrected chi connectivity index (χ1v) is 8.13. The topological polar surface area (TPSA) is 15.3 Å². The van der Waals surface area contributed by atoms with Gasteiger partial charge in [0.1, 0.15) is 0 Å². The Labute approximate surface area is 114 Å². The van der Waals surface area contributed by atoms with Crippen molar-refractivity contribution in [3.8, 4) is 0 Å². The van der Waals surface area contributed by atoms with Gasteiger partial charge in [0.2, 0.25) is 0 Å². The Bertz CT molecular complexity index is 235. The average molecular weight is 252 g/mol. The Balaban J connectivity index is 1.66. The molecule has 0 aromatic rings. The van der Waals surface area contributed by atoms with Gasteiger partial charge in [0.05, 0.1) is 0 Å². The molecule has 106 valence electrons. The van der Waals surface area contributed by atoms with Crippen molar-refractivity contribution in [2.45, 2.75) is 58.9 Å². The van der Waals surface area contributed by atoms with E-state index in [1.165, 1.54) is 58.3 Å². The minimum absolute atomic E-state index is 0.778. The Morgan fingerprint density at radius 3 is 2.56 bits per heavy atom. The number of likely N-dealkylation sites (tertiary alicyclic amines) is 1. The van der Waals surface area contributed by atoms with E-state index in [1.54, 1.807) is 0 Å². The lowest BCUT2D eigenvalue weighted by Gasteiger charge is -2.27. The molecule has 0 amide bonds. The standard InChI is InChI=1S/C16H32N2/c1-4-16(9-14-5-6-14)18-8-7-15(12-18)11-17-10-13(2)3/h13-17H,4-12H2,1-3H3. The predicted molar refractivity (Wildman–Crippen MR) is 78.8 cm³/mol. The van der Waals surface area contributed by atoms with Gasteiger partial charge in [-0.1, -0.05) is 33.6 Å². The van der Waals surface area contributed by atoms with Crippen molar-refractivity contribution in [3.63, 3.8) is 0 Å². The molecule has 2 fully saturated rings. The first kappa shape index (κ1) is 14.3. The second kappa shape index (κ2) is 6.91. The van der Waals surface area contributed by atoms with Gasteiger partial charge >= 0.3 is 0 Å². The zero-order valence-corrected chi connectivity index (χ0v) is 12.6. The van der Waals surface area contributed by atoms with E-state index in [4.69, 9.17) is 0 Å². The summed E-state index contributed by atoms with van der Waals surface area (Å²) in [6, 6.07) is 0.882. The summed E-state index contributed by atoms with van der Waals surface area (Å²) in [5, 5.41) is 3.63. The Hall–Kier alpha value is -0.0800. The second-order valence-corrected chi connectivity index (χ2v) is 6.94. The summed E-state index contributed by atoms with van der Waals surface area (Å²) < 4.78 is 0. The van der Waals surface area contributed by atoms with Gasteiger partial charge in [-0.25, -0.2) is 0 Å². The van der Waals surface area contributed by atoms with Gasteiger partial charge in [0, 0.05) is 12.6 Å². The van der Waals surface area contributed by atoms with Gasteiger partial charge in [-0.05, 0) is 56.7 Å². The molecule has 18 heavy (non-hydrogen) atoms. The highest BCUT2D eigenvalue weighted by Crippen LogP contribution is 2.36. The Morgan fingerprint density at radius 1 is 1.17 bits per heavy atom. The van der Waals surface area contributed by atoms with Crippen LogP contribution in [0.1, 0.15) is 52.9 Å². The fourth-order valence-corrected chi connectivity index (χ4v) is 3.25. The first-order valence-electron chi connectivity index (χ1n) is 8.13. The molecule has 2 heteroatoms. The first-order chi connectivity index (χ1) is 8.69. The van der Waals surface area contributed by atoms with Gasteiger partial charge < -0.3 is 10.2 Å². The molecule has 1 aliphatic heterocycles. The van der Waals surface area contributed by atoms with E-state index in [0.29, 0.717) is 0 Å². The van der Waals surface area contributed by atoms with Crippen LogP contribution in [0, 0.1) is 17.8 Å². The third kappa shape index (κ3) is 4.55. The van der Waals surface area contributed by atoms with Gasteiger partial charge in [-0.15, -0.1) is 0 Å². The largest absolute Gasteiger partial charge is 0.316 e. The molecule has 2 unspecified atom stereocenters. The molecule has 1 heterocycles. The summed E-state index contributed by atoms with van der Waals surface area (Å²) in [5.74, 6) is 2.76. The normalized spacial score (nSPS) is 27.0. The number of hydrogen-bond acceptors (Lipinski definition) is 2. The van der Waals surface area contributed by atoms with E-state index in [9.17, 15) is 0 Å². The molecule has 0 spiro atoms. The van der Waals surface area contributed by atoms with Crippen molar-refractivity contribution in [3.05, 3.63) is 0 Å². The highest BCUT2D eigenvalue weighted by Gasteiger charge is 2.31. The van der Waals surface area contributed by atoms with Crippen LogP contribution in [-0.2, 0) is 0 Å². The molecule has 0 aromatic heterocycles. The summed E-state index contributed by atoms with van der Waals surface area (Å²) in [4.78, 5) is 2.78. The van der Waals surface area contributed by atoms with Gasteiger partial charge in [-0.3, -0.25) is 0 Å². The van der Waals surface area contributed by atoms with Crippen LogP contribution in [0.3, 0.4) is 0 Å².